The molecule has 44 heavy (non-hydrogen) atoms. The lowest BCUT2D eigenvalue weighted by atomic mass is 10.1. The summed E-state index contributed by atoms with van der Waals surface area (Å²) >= 11 is 1.81. The van der Waals surface area contributed by atoms with Crippen molar-refractivity contribution in [3.63, 3.8) is 0 Å². The molecule has 5 heteroatoms. The van der Waals surface area contributed by atoms with Crippen molar-refractivity contribution in [3.8, 4) is 22.6 Å². The number of aryl methyl sites for hydroxylation is 3. The highest BCUT2D eigenvalue weighted by atomic mass is 32.1. The molecule has 1 aromatic heterocycles. The lowest BCUT2D eigenvalue weighted by Crippen LogP contribution is -2.33. The van der Waals surface area contributed by atoms with E-state index in [4.69, 9.17) is 9.47 Å². The minimum absolute atomic E-state index is 0.528. The summed E-state index contributed by atoms with van der Waals surface area (Å²) in [6, 6.07) is 36.2. The van der Waals surface area contributed by atoms with Crippen LogP contribution in [-0.2, 0) is 6.54 Å². The molecule has 0 fully saturated rings. The number of fused-ring (bicyclic) bond motifs is 3. The smallest absolute Gasteiger partial charge is 0.262 e. The maximum absolute atomic E-state index is 6.42. The van der Waals surface area contributed by atoms with Crippen LogP contribution in [0.2, 0.25) is 0 Å². The molecule has 0 radical (unpaired) electrons. The van der Waals surface area contributed by atoms with E-state index in [0.29, 0.717) is 13.2 Å². The quantitative estimate of drug-likeness (QED) is 0.164. The third-order valence-corrected chi connectivity index (χ3v) is 9.43. The van der Waals surface area contributed by atoms with E-state index in [9.17, 15) is 0 Å². The van der Waals surface area contributed by atoms with E-state index in [-0.39, 0.29) is 0 Å². The number of aromatic nitrogens is 1. The topological polar surface area (TPSA) is 25.6 Å². The highest BCUT2D eigenvalue weighted by Gasteiger charge is 2.27. The number of nitrogens with zero attached hydrogens (tertiary/aromatic N) is 2. The number of thiazole rings is 1. The van der Waals surface area contributed by atoms with Gasteiger partial charge in [0.25, 0.3) is 5.01 Å². The minimum atomic E-state index is 0.528. The fraction of sp³-hybridized carbons (Fsp3) is 0.154. The monoisotopic (exact) mass is 595 g/mol. The van der Waals surface area contributed by atoms with Crippen molar-refractivity contribution in [1.29, 1.82) is 0 Å². The zero-order valence-corrected chi connectivity index (χ0v) is 26.1. The number of ether oxygens (including phenoxy) is 2. The van der Waals surface area contributed by atoms with Gasteiger partial charge >= 0.3 is 0 Å². The van der Waals surface area contributed by atoms with Crippen molar-refractivity contribution >= 4 is 44.1 Å². The number of hydrogen-bond acceptors (Lipinski definition) is 4. The molecule has 0 saturated heterocycles. The first-order valence-electron chi connectivity index (χ1n) is 15.2. The molecule has 0 bridgehead atoms. The van der Waals surface area contributed by atoms with Crippen LogP contribution in [0.5, 0.6) is 11.5 Å². The van der Waals surface area contributed by atoms with Crippen LogP contribution in [0.1, 0.15) is 23.1 Å². The van der Waals surface area contributed by atoms with E-state index >= 15 is 0 Å². The highest BCUT2D eigenvalue weighted by molar-refractivity contribution is 7.18. The van der Waals surface area contributed by atoms with Gasteiger partial charge in [0.15, 0.2) is 5.75 Å². The van der Waals surface area contributed by atoms with Crippen molar-refractivity contribution in [2.75, 3.05) is 18.1 Å². The second kappa shape index (κ2) is 12.0. The Balaban J connectivity index is 1.16. The molecule has 5 aromatic carbocycles. The van der Waals surface area contributed by atoms with E-state index in [1.165, 1.54) is 42.9 Å². The first-order valence-corrected chi connectivity index (χ1v) is 16.0. The fourth-order valence-corrected chi connectivity index (χ4v) is 6.97. The van der Waals surface area contributed by atoms with E-state index in [0.717, 1.165) is 35.0 Å². The van der Waals surface area contributed by atoms with Gasteiger partial charge in [0.1, 0.15) is 23.6 Å². The van der Waals surface area contributed by atoms with Gasteiger partial charge in [-0.1, -0.05) is 84.1 Å². The van der Waals surface area contributed by atoms with E-state index in [1.54, 1.807) is 0 Å². The number of rotatable bonds is 8. The molecule has 0 saturated carbocycles. The molecule has 7 rings (SSSR count). The van der Waals surface area contributed by atoms with Gasteiger partial charge in [0.05, 0.1) is 12.2 Å². The van der Waals surface area contributed by atoms with Crippen molar-refractivity contribution < 1.29 is 14.0 Å². The normalized spacial score (nSPS) is 13.7. The van der Waals surface area contributed by atoms with Crippen LogP contribution >= 0.6 is 11.3 Å². The Kier molecular flexibility index (Phi) is 7.63. The largest absolute Gasteiger partial charge is 0.491 e. The summed E-state index contributed by atoms with van der Waals surface area (Å²) in [4.78, 5) is 2.22. The molecule has 4 nitrogen and oxygen atoms in total. The zero-order valence-electron chi connectivity index (χ0n) is 25.3. The molecule has 218 valence electrons. The highest BCUT2D eigenvalue weighted by Crippen LogP contribution is 2.41. The van der Waals surface area contributed by atoms with E-state index in [1.807, 2.05) is 23.5 Å². The minimum Gasteiger partial charge on any atom is -0.491 e. The van der Waals surface area contributed by atoms with Gasteiger partial charge < -0.3 is 14.4 Å². The predicted octanol–water partition coefficient (Wildman–Crippen LogP) is 9.48. The molecule has 0 N–H and O–H groups in total. The van der Waals surface area contributed by atoms with Crippen LogP contribution in [0.25, 0.3) is 38.2 Å². The molecular weight excluding hydrogens is 561 g/mol. The number of hydrogen-bond donors (Lipinski definition) is 0. The van der Waals surface area contributed by atoms with Crippen molar-refractivity contribution in [1.82, 2.24) is 0 Å². The zero-order chi connectivity index (χ0) is 30.0. The fourth-order valence-electron chi connectivity index (χ4n) is 5.85. The third kappa shape index (κ3) is 5.36. The van der Waals surface area contributed by atoms with E-state index in [2.05, 4.69) is 139 Å². The van der Waals surface area contributed by atoms with Gasteiger partial charge in [0, 0.05) is 17.5 Å². The number of allylic oxidation sites excluding steroid dienone is 2. The van der Waals surface area contributed by atoms with Gasteiger partial charge in [-0.25, -0.2) is 0 Å². The second-order valence-corrected chi connectivity index (χ2v) is 12.1. The number of benzene rings is 5. The van der Waals surface area contributed by atoms with Gasteiger partial charge in [-0.15, -0.1) is 0 Å². The summed E-state index contributed by atoms with van der Waals surface area (Å²) in [5.74, 6) is 2.59. The molecule has 2 heterocycles. The van der Waals surface area contributed by atoms with Gasteiger partial charge in [-0.05, 0) is 84.8 Å². The standard InChI is InChI=1S/C39H35N2O2S/c1-4-40-34-26-31(29-12-6-5-7-13-29)20-21-37(34)44-39(40)19-11-18-38-41(33-24-27(2)28(3)25-36(33)43-38)22-23-42-35-17-10-15-30-14-8-9-16-32(30)35/h5-21,24-26H,4,22-23H2,1-3H3/q+1. The molecule has 6 aromatic rings. The SMILES string of the molecule is CC[n+]1c(/C=C/C=C2\Oc3cc(C)c(C)cc3N2CCOc2cccc3ccccc23)sc2ccc(-c3ccccc3)cc21. The van der Waals surface area contributed by atoms with Gasteiger partial charge in [-0.2, -0.15) is 4.57 Å². The second-order valence-electron chi connectivity index (χ2n) is 11.1. The molecule has 1 aliphatic rings. The third-order valence-electron chi connectivity index (χ3n) is 8.30. The van der Waals surface area contributed by atoms with Crippen LogP contribution in [0.4, 0.5) is 5.69 Å². The Labute approximate surface area is 262 Å². The van der Waals surface area contributed by atoms with Crippen molar-refractivity contribution in [2.24, 2.45) is 0 Å². The van der Waals surface area contributed by atoms with Crippen LogP contribution in [0.3, 0.4) is 0 Å². The van der Waals surface area contributed by atoms with Crippen LogP contribution in [0.15, 0.2) is 121 Å². The molecule has 0 atom stereocenters. The first kappa shape index (κ1) is 27.9. The molecule has 0 aliphatic carbocycles. The van der Waals surface area contributed by atoms with Gasteiger partial charge in [-0.3, -0.25) is 0 Å². The van der Waals surface area contributed by atoms with Crippen LogP contribution in [0, 0.1) is 13.8 Å². The maximum atomic E-state index is 6.42. The summed E-state index contributed by atoms with van der Waals surface area (Å²) in [7, 11) is 0. The molecule has 0 unspecified atom stereocenters. The van der Waals surface area contributed by atoms with Gasteiger partial charge in [0.2, 0.25) is 11.4 Å². The Morgan fingerprint density at radius 1 is 0.841 bits per heavy atom. The van der Waals surface area contributed by atoms with Crippen molar-refractivity contribution in [2.45, 2.75) is 27.3 Å². The first-order chi connectivity index (χ1) is 21.6. The molecular formula is C39H35N2O2S+. The molecule has 1 aliphatic heterocycles. The Hall–Kier alpha value is -4.87. The van der Waals surface area contributed by atoms with Crippen LogP contribution in [-0.4, -0.2) is 13.2 Å². The summed E-state index contributed by atoms with van der Waals surface area (Å²) < 4.78 is 16.4. The van der Waals surface area contributed by atoms with Crippen LogP contribution < -0.4 is 18.9 Å². The average molecular weight is 596 g/mol. The average Bonchev–Trinajstić information content (AvgIpc) is 3.57. The summed E-state index contributed by atoms with van der Waals surface area (Å²) in [6.45, 7) is 8.57. The van der Waals surface area contributed by atoms with E-state index < -0.39 is 0 Å². The summed E-state index contributed by atoms with van der Waals surface area (Å²) in [6.07, 6.45) is 6.37. The summed E-state index contributed by atoms with van der Waals surface area (Å²) in [5.41, 5.74) is 7.27. The lowest BCUT2D eigenvalue weighted by molar-refractivity contribution is -0.665. The molecule has 0 amide bonds. The predicted molar refractivity (Wildman–Crippen MR) is 184 cm³/mol. The number of anilines is 1. The Morgan fingerprint density at radius 3 is 2.50 bits per heavy atom. The Bertz CT molecular complexity index is 2040. The maximum Gasteiger partial charge on any atom is 0.262 e. The Morgan fingerprint density at radius 2 is 1.64 bits per heavy atom. The lowest BCUT2D eigenvalue weighted by Gasteiger charge is -2.19. The molecule has 0 spiro atoms. The summed E-state index contributed by atoms with van der Waals surface area (Å²) in [5, 5.41) is 3.51. The van der Waals surface area contributed by atoms with Crippen molar-refractivity contribution in [3.05, 3.63) is 137 Å².